The second kappa shape index (κ2) is 7.51. The van der Waals surface area contributed by atoms with Gasteiger partial charge < -0.3 is 9.47 Å². The number of nitrogens with zero attached hydrogens (tertiary/aromatic N) is 1. The van der Waals surface area contributed by atoms with Crippen LogP contribution in [0.4, 0.5) is 13.2 Å². The van der Waals surface area contributed by atoms with Crippen LogP contribution in [0.15, 0.2) is 0 Å². The molecule has 1 aromatic heterocycles. The van der Waals surface area contributed by atoms with Crippen LogP contribution in [-0.2, 0) is 15.9 Å². The van der Waals surface area contributed by atoms with Crippen LogP contribution < -0.4 is 0 Å². The summed E-state index contributed by atoms with van der Waals surface area (Å²) in [7, 11) is 0. The Balaban J connectivity index is 2.70. The van der Waals surface area contributed by atoms with Gasteiger partial charge in [-0.25, -0.2) is 9.78 Å². The highest BCUT2D eigenvalue weighted by molar-refractivity contribution is 7.14. The number of hydrogen-bond donors (Lipinski definition) is 0. The van der Waals surface area contributed by atoms with Crippen LogP contribution in [0.2, 0.25) is 0 Å². The molecule has 0 N–H and O–H groups in total. The van der Waals surface area contributed by atoms with Gasteiger partial charge in [-0.05, 0) is 6.92 Å². The van der Waals surface area contributed by atoms with E-state index in [1.54, 1.807) is 6.92 Å². The molecule has 0 atom stereocenters. The summed E-state index contributed by atoms with van der Waals surface area (Å²) < 4.78 is 44.9. The third kappa shape index (κ3) is 5.80. The van der Waals surface area contributed by atoms with E-state index < -0.39 is 18.8 Å². The van der Waals surface area contributed by atoms with E-state index in [0.717, 1.165) is 11.3 Å². The van der Waals surface area contributed by atoms with Crippen LogP contribution >= 0.6 is 11.3 Å². The zero-order valence-corrected chi connectivity index (χ0v) is 12.3. The molecule has 0 aliphatic heterocycles. The number of thiazole rings is 1. The number of halogens is 3. The van der Waals surface area contributed by atoms with Gasteiger partial charge in [0.2, 0.25) is 0 Å². The van der Waals surface area contributed by atoms with Crippen molar-refractivity contribution in [1.29, 1.82) is 0 Å². The standard InChI is InChI=1S/C12H14F3NO4S/c1-3-20-11(18)9-10(7(2)17)21-8(16-9)4-5-19-6-12(13,14)15/h3-6H2,1-2H3. The maximum absolute atomic E-state index is 11.9. The fourth-order valence-corrected chi connectivity index (χ4v) is 2.32. The first-order chi connectivity index (χ1) is 9.74. The monoisotopic (exact) mass is 325 g/mol. The van der Waals surface area contributed by atoms with E-state index in [9.17, 15) is 22.8 Å². The number of alkyl halides is 3. The zero-order chi connectivity index (χ0) is 16.0. The van der Waals surface area contributed by atoms with Crippen LogP contribution in [0.5, 0.6) is 0 Å². The number of ether oxygens (including phenoxy) is 2. The Morgan fingerprint density at radius 2 is 2.00 bits per heavy atom. The number of carbonyl (C=O) groups is 2. The van der Waals surface area contributed by atoms with Gasteiger partial charge in [0.25, 0.3) is 0 Å². The Labute approximate surface area is 123 Å². The molecule has 1 aromatic rings. The summed E-state index contributed by atoms with van der Waals surface area (Å²) in [6.07, 6.45) is -4.30. The summed E-state index contributed by atoms with van der Waals surface area (Å²) in [5.74, 6) is -1.07. The molecule has 0 fully saturated rings. The summed E-state index contributed by atoms with van der Waals surface area (Å²) in [5.41, 5.74) is -0.0971. The lowest BCUT2D eigenvalue weighted by atomic mass is 10.3. The van der Waals surface area contributed by atoms with E-state index in [2.05, 4.69) is 9.72 Å². The zero-order valence-electron chi connectivity index (χ0n) is 11.5. The first-order valence-corrected chi connectivity index (χ1v) is 6.88. The van der Waals surface area contributed by atoms with Crippen molar-refractivity contribution in [3.63, 3.8) is 0 Å². The Kier molecular flexibility index (Phi) is 6.28. The highest BCUT2D eigenvalue weighted by Gasteiger charge is 2.27. The molecule has 1 heterocycles. The highest BCUT2D eigenvalue weighted by Crippen LogP contribution is 2.21. The summed E-state index contributed by atoms with van der Waals surface area (Å²) in [6.45, 7) is 1.48. The molecular formula is C12H14F3NO4S. The van der Waals surface area contributed by atoms with Crippen molar-refractivity contribution < 1.29 is 32.2 Å². The van der Waals surface area contributed by atoms with E-state index in [0.29, 0.717) is 5.01 Å². The maximum atomic E-state index is 11.9. The van der Waals surface area contributed by atoms with Gasteiger partial charge in [0.15, 0.2) is 11.5 Å². The number of carbonyl (C=O) groups excluding carboxylic acids is 2. The topological polar surface area (TPSA) is 65.5 Å². The molecule has 0 aromatic carbocycles. The van der Waals surface area contributed by atoms with Crippen molar-refractivity contribution in [2.45, 2.75) is 26.4 Å². The van der Waals surface area contributed by atoms with Gasteiger partial charge in [-0.3, -0.25) is 4.79 Å². The molecule has 0 spiro atoms. The van der Waals surface area contributed by atoms with Crippen LogP contribution in [0.1, 0.15) is 39.0 Å². The largest absolute Gasteiger partial charge is 0.461 e. The van der Waals surface area contributed by atoms with Gasteiger partial charge in [-0.2, -0.15) is 13.2 Å². The minimum Gasteiger partial charge on any atom is -0.461 e. The van der Waals surface area contributed by atoms with E-state index in [1.165, 1.54) is 6.92 Å². The molecule has 5 nitrogen and oxygen atoms in total. The Morgan fingerprint density at radius 1 is 1.33 bits per heavy atom. The minimum atomic E-state index is -4.39. The molecule has 0 unspecified atom stereocenters. The highest BCUT2D eigenvalue weighted by atomic mass is 32.1. The number of hydrogen-bond acceptors (Lipinski definition) is 6. The van der Waals surface area contributed by atoms with E-state index in [4.69, 9.17) is 4.74 Å². The molecule has 21 heavy (non-hydrogen) atoms. The third-order valence-corrected chi connectivity index (χ3v) is 3.40. The molecule has 0 saturated carbocycles. The molecule has 0 amide bonds. The molecule has 0 bridgehead atoms. The first-order valence-electron chi connectivity index (χ1n) is 6.07. The van der Waals surface area contributed by atoms with Crippen LogP contribution in [0.25, 0.3) is 0 Å². The van der Waals surface area contributed by atoms with Gasteiger partial charge in [-0.15, -0.1) is 11.3 Å². The summed E-state index contributed by atoms with van der Waals surface area (Å²) in [5, 5.41) is 0.352. The lowest BCUT2D eigenvalue weighted by molar-refractivity contribution is -0.173. The summed E-state index contributed by atoms with van der Waals surface area (Å²) in [6, 6.07) is 0. The number of Topliss-reactive ketones (excluding diaryl/α,β-unsaturated/α-hetero) is 1. The van der Waals surface area contributed by atoms with Gasteiger partial charge in [-0.1, -0.05) is 0 Å². The molecule has 0 radical (unpaired) electrons. The number of ketones is 1. The second-order valence-electron chi connectivity index (χ2n) is 3.98. The van der Waals surface area contributed by atoms with Crippen LogP contribution in [0.3, 0.4) is 0 Å². The SMILES string of the molecule is CCOC(=O)c1nc(CCOCC(F)(F)F)sc1C(C)=O. The molecule has 0 saturated heterocycles. The van der Waals surface area contributed by atoms with E-state index in [-0.39, 0.29) is 36.0 Å². The molecule has 0 aliphatic carbocycles. The first kappa shape index (κ1) is 17.6. The smallest absolute Gasteiger partial charge is 0.411 e. The predicted molar refractivity (Wildman–Crippen MR) is 68.7 cm³/mol. The van der Waals surface area contributed by atoms with Gasteiger partial charge in [0.1, 0.15) is 11.5 Å². The summed E-state index contributed by atoms with van der Waals surface area (Å²) in [4.78, 5) is 27.2. The maximum Gasteiger partial charge on any atom is 0.411 e. The van der Waals surface area contributed by atoms with Gasteiger partial charge >= 0.3 is 12.1 Å². The normalized spacial score (nSPS) is 11.5. The fraction of sp³-hybridized carbons (Fsp3) is 0.583. The van der Waals surface area contributed by atoms with Crippen molar-refractivity contribution in [3.05, 3.63) is 15.6 Å². The minimum absolute atomic E-state index is 0.0838. The lowest BCUT2D eigenvalue weighted by Crippen LogP contribution is -2.18. The predicted octanol–water partition coefficient (Wildman–Crippen LogP) is 2.64. The van der Waals surface area contributed by atoms with Crippen LogP contribution in [-0.4, -0.2) is 42.7 Å². The Morgan fingerprint density at radius 3 is 2.52 bits per heavy atom. The number of esters is 1. The van der Waals surface area contributed by atoms with Gasteiger partial charge in [0, 0.05) is 13.3 Å². The van der Waals surface area contributed by atoms with Crippen molar-refractivity contribution in [3.8, 4) is 0 Å². The van der Waals surface area contributed by atoms with Crippen molar-refractivity contribution in [1.82, 2.24) is 4.98 Å². The fourth-order valence-electron chi connectivity index (χ4n) is 1.40. The van der Waals surface area contributed by atoms with Gasteiger partial charge in [0.05, 0.1) is 18.2 Å². The van der Waals surface area contributed by atoms with E-state index in [1.807, 2.05) is 0 Å². The Bertz CT molecular complexity index is 513. The van der Waals surface area contributed by atoms with Crippen molar-refractivity contribution in [2.24, 2.45) is 0 Å². The quantitative estimate of drug-likeness (QED) is 0.438. The number of aromatic nitrogens is 1. The average Bonchev–Trinajstić information content (AvgIpc) is 2.78. The summed E-state index contributed by atoms with van der Waals surface area (Å²) >= 11 is 0.957. The number of rotatable bonds is 7. The second-order valence-corrected chi connectivity index (χ2v) is 5.06. The molecule has 9 heteroatoms. The van der Waals surface area contributed by atoms with Crippen molar-refractivity contribution in [2.75, 3.05) is 19.8 Å². The van der Waals surface area contributed by atoms with E-state index >= 15 is 0 Å². The Hall–Kier alpha value is -1.48. The molecule has 0 aliphatic rings. The molecule has 1 rings (SSSR count). The molecular weight excluding hydrogens is 311 g/mol. The van der Waals surface area contributed by atoms with Crippen LogP contribution in [0, 0.1) is 0 Å². The molecule has 118 valence electrons. The van der Waals surface area contributed by atoms with Crippen molar-refractivity contribution >= 4 is 23.1 Å². The average molecular weight is 325 g/mol. The lowest BCUT2D eigenvalue weighted by Gasteiger charge is -2.06. The third-order valence-electron chi connectivity index (χ3n) is 2.19.